The second-order valence-corrected chi connectivity index (χ2v) is 4.67. The molecule has 0 radical (unpaired) electrons. The normalized spacial score (nSPS) is 16.7. The highest BCUT2D eigenvalue weighted by molar-refractivity contribution is 5.73. The van der Waals surface area contributed by atoms with Crippen LogP contribution < -0.4 is 10.6 Å². The molecule has 0 unspecified atom stereocenters. The minimum absolute atomic E-state index is 0.0312. The molecule has 6 heteroatoms. The lowest BCUT2D eigenvalue weighted by Crippen LogP contribution is -2.44. The highest BCUT2D eigenvalue weighted by Gasteiger charge is 2.36. The molecule has 1 aliphatic rings. The van der Waals surface area contributed by atoms with Crippen LogP contribution in [0.2, 0.25) is 0 Å². The molecule has 18 heavy (non-hydrogen) atoms. The molecule has 1 aliphatic carbocycles. The lowest BCUT2D eigenvalue weighted by Gasteiger charge is -2.40. The number of carbonyl (C=O) groups excluding carboxylic acids is 1. The molecule has 0 aromatic rings. The van der Waals surface area contributed by atoms with Gasteiger partial charge in [-0.1, -0.05) is 0 Å². The fourth-order valence-corrected chi connectivity index (χ4v) is 2.04. The van der Waals surface area contributed by atoms with Crippen LogP contribution in [0.5, 0.6) is 0 Å². The van der Waals surface area contributed by atoms with Crippen molar-refractivity contribution in [1.82, 2.24) is 10.6 Å². The van der Waals surface area contributed by atoms with Crippen LogP contribution in [-0.2, 0) is 9.53 Å². The molecule has 104 valence electrons. The van der Waals surface area contributed by atoms with E-state index in [4.69, 9.17) is 9.84 Å². The summed E-state index contributed by atoms with van der Waals surface area (Å²) in [6.45, 7) is 0.964. The van der Waals surface area contributed by atoms with E-state index in [1.807, 2.05) is 0 Å². The Labute approximate surface area is 107 Å². The average Bonchev–Trinajstić information content (AvgIpc) is 2.28. The summed E-state index contributed by atoms with van der Waals surface area (Å²) in [4.78, 5) is 21.6. The van der Waals surface area contributed by atoms with E-state index in [1.165, 1.54) is 6.42 Å². The Morgan fingerprint density at radius 1 is 1.28 bits per heavy atom. The van der Waals surface area contributed by atoms with Gasteiger partial charge in [0, 0.05) is 26.6 Å². The number of nitrogens with one attached hydrogen (secondary N) is 2. The van der Waals surface area contributed by atoms with Crippen LogP contribution in [0.1, 0.15) is 38.5 Å². The maximum absolute atomic E-state index is 11.4. The Morgan fingerprint density at radius 3 is 2.44 bits per heavy atom. The van der Waals surface area contributed by atoms with E-state index in [-0.39, 0.29) is 18.1 Å². The third kappa shape index (κ3) is 4.91. The molecule has 6 nitrogen and oxygen atoms in total. The number of hydrogen-bond donors (Lipinski definition) is 3. The second-order valence-electron chi connectivity index (χ2n) is 4.67. The average molecular weight is 258 g/mol. The van der Waals surface area contributed by atoms with Gasteiger partial charge in [-0.25, -0.2) is 4.79 Å². The smallest absolute Gasteiger partial charge is 0.314 e. The third-order valence-electron chi connectivity index (χ3n) is 3.42. The van der Waals surface area contributed by atoms with Crippen LogP contribution >= 0.6 is 0 Å². The number of urea groups is 1. The number of hydrogen-bond acceptors (Lipinski definition) is 3. The van der Waals surface area contributed by atoms with E-state index < -0.39 is 5.97 Å². The van der Waals surface area contributed by atoms with Gasteiger partial charge in [-0.15, -0.1) is 0 Å². The Kier molecular flexibility index (Phi) is 5.91. The van der Waals surface area contributed by atoms with Crippen LogP contribution in [0.25, 0.3) is 0 Å². The molecule has 3 N–H and O–H groups in total. The van der Waals surface area contributed by atoms with Crippen molar-refractivity contribution in [3.63, 3.8) is 0 Å². The molecule has 0 bridgehead atoms. The van der Waals surface area contributed by atoms with Gasteiger partial charge in [0.05, 0.1) is 5.60 Å². The number of amides is 2. The Morgan fingerprint density at radius 2 is 1.94 bits per heavy atom. The predicted octanol–water partition coefficient (Wildman–Crippen LogP) is 1.11. The van der Waals surface area contributed by atoms with Crippen LogP contribution in [0, 0.1) is 0 Å². The summed E-state index contributed by atoms with van der Waals surface area (Å²) in [7, 11) is 1.71. The van der Waals surface area contributed by atoms with Crippen LogP contribution in [0.15, 0.2) is 0 Å². The number of carbonyl (C=O) groups is 2. The van der Waals surface area contributed by atoms with Gasteiger partial charge in [-0.05, 0) is 32.1 Å². The van der Waals surface area contributed by atoms with Gasteiger partial charge < -0.3 is 20.5 Å². The maximum Gasteiger partial charge on any atom is 0.314 e. The largest absolute Gasteiger partial charge is 0.481 e. The lowest BCUT2D eigenvalue weighted by molar-refractivity contribution is -0.137. The van der Waals surface area contributed by atoms with Crippen molar-refractivity contribution in [2.75, 3.05) is 20.2 Å². The molecule has 1 fully saturated rings. The van der Waals surface area contributed by atoms with Crippen molar-refractivity contribution < 1.29 is 19.4 Å². The highest BCUT2D eigenvalue weighted by atomic mass is 16.5. The Balaban J connectivity index is 2.01. The summed E-state index contributed by atoms with van der Waals surface area (Å²) >= 11 is 0. The summed E-state index contributed by atoms with van der Waals surface area (Å²) in [5.74, 6) is -0.843. The molecular formula is C12H22N2O4. The second kappa shape index (κ2) is 7.20. The first kappa shape index (κ1) is 14.8. The van der Waals surface area contributed by atoms with Crippen molar-refractivity contribution in [2.45, 2.75) is 44.1 Å². The molecule has 2 amide bonds. The first-order valence-corrected chi connectivity index (χ1v) is 6.37. The fourth-order valence-electron chi connectivity index (χ4n) is 2.04. The topological polar surface area (TPSA) is 87.7 Å². The van der Waals surface area contributed by atoms with Gasteiger partial charge in [0.2, 0.25) is 0 Å². The van der Waals surface area contributed by atoms with Gasteiger partial charge in [-0.3, -0.25) is 4.79 Å². The Hall–Kier alpha value is -1.30. The monoisotopic (exact) mass is 258 g/mol. The zero-order valence-electron chi connectivity index (χ0n) is 10.8. The minimum Gasteiger partial charge on any atom is -0.481 e. The Bertz CT molecular complexity index is 284. The number of carboxylic acids is 1. The first-order valence-electron chi connectivity index (χ1n) is 6.37. The molecule has 0 aromatic heterocycles. The molecule has 0 spiro atoms. The number of rotatable bonds is 8. The number of carboxylic acid groups (broad SMARTS) is 1. The predicted molar refractivity (Wildman–Crippen MR) is 66.5 cm³/mol. The first-order chi connectivity index (χ1) is 8.58. The van der Waals surface area contributed by atoms with E-state index in [0.29, 0.717) is 19.5 Å². The third-order valence-corrected chi connectivity index (χ3v) is 3.42. The molecule has 1 saturated carbocycles. The van der Waals surface area contributed by atoms with E-state index in [2.05, 4.69) is 10.6 Å². The summed E-state index contributed by atoms with van der Waals surface area (Å²) in [5, 5.41) is 13.8. The van der Waals surface area contributed by atoms with E-state index in [1.54, 1.807) is 7.11 Å². The van der Waals surface area contributed by atoms with Crippen molar-refractivity contribution in [3.8, 4) is 0 Å². The fraction of sp³-hybridized carbons (Fsp3) is 0.833. The van der Waals surface area contributed by atoms with Gasteiger partial charge in [0.15, 0.2) is 0 Å². The van der Waals surface area contributed by atoms with Gasteiger partial charge >= 0.3 is 12.0 Å². The molecular weight excluding hydrogens is 236 g/mol. The van der Waals surface area contributed by atoms with Gasteiger partial charge in [-0.2, -0.15) is 0 Å². The highest BCUT2D eigenvalue weighted by Crippen LogP contribution is 2.37. The summed E-state index contributed by atoms with van der Waals surface area (Å²) in [6.07, 6.45) is 4.66. The van der Waals surface area contributed by atoms with Crippen LogP contribution in [-0.4, -0.2) is 42.9 Å². The lowest BCUT2D eigenvalue weighted by atomic mass is 9.77. The maximum atomic E-state index is 11.4. The summed E-state index contributed by atoms with van der Waals surface area (Å²) in [6, 6.07) is -0.244. The van der Waals surface area contributed by atoms with Crippen molar-refractivity contribution in [1.29, 1.82) is 0 Å². The van der Waals surface area contributed by atoms with Crippen molar-refractivity contribution in [3.05, 3.63) is 0 Å². The van der Waals surface area contributed by atoms with Crippen molar-refractivity contribution >= 4 is 12.0 Å². The standard InChI is InChI=1S/C12H22N2O4/c1-18-12(5-3-6-12)7-9-14-11(17)13-8-2-4-10(15)16/h2-9H2,1H3,(H,15,16)(H2,13,14,17). The van der Waals surface area contributed by atoms with E-state index in [9.17, 15) is 9.59 Å². The summed E-state index contributed by atoms with van der Waals surface area (Å²) in [5.41, 5.74) is -0.0312. The molecule has 0 aliphatic heterocycles. The van der Waals surface area contributed by atoms with E-state index in [0.717, 1.165) is 19.3 Å². The molecule has 1 rings (SSSR count). The summed E-state index contributed by atoms with van der Waals surface area (Å²) < 4.78 is 5.44. The number of ether oxygens (including phenoxy) is 1. The van der Waals surface area contributed by atoms with Crippen molar-refractivity contribution in [2.24, 2.45) is 0 Å². The number of methoxy groups -OCH3 is 1. The minimum atomic E-state index is -0.843. The van der Waals surface area contributed by atoms with Crippen LogP contribution in [0.4, 0.5) is 4.79 Å². The quantitative estimate of drug-likeness (QED) is 0.569. The molecule has 0 aromatic carbocycles. The molecule has 0 heterocycles. The van der Waals surface area contributed by atoms with Gasteiger partial charge in [0.25, 0.3) is 0 Å². The van der Waals surface area contributed by atoms with Gasteiger partial charge in [0.1, 0.15) is 0 Å². The zero-order chi connectivity index (χ0) is 13.4. The SMILES string of the molecule is COC1(CCNC(=O)NCCCC(=O)O)CCC1. The van der Waals surface area contributed by atoms with Crippen LogP contribution in [0.3, 0.4) is 0 Å². The number of aliphatic carboxylic acids is 1. The zero-order valence-corrected chi connectivity index (χ0v) is 10.8. The molecule has 0 saturated heterocycles. The van der Waals surface area contributed by atoms with E-state index >= 15 is 0 Å². The molecule has 0 atom stereocenters.